The molecule has 38 heavy (non-hydrogen) atoms. The molecule has 2 saturated carbocycles. The first kappa shape index (κ1) is 28.4. The lowest BCUT2D eigenvalue weighted by molar-refractivity contribution is 0.0635. The third-order valence-corrected chi connectivity index (χ3v) is 9.92. The summed E-state index contributed by atoms with van der Waals surface area (Å²) in [5.41, 5.74) is 0.300. The Morgan fingerprint density at radius 2 is 1.74 bits per heavy atom. The summed E-state index contributed by atoms with van der Waals surface area (Å²) in [7, 11) is -3.55. The van der Waals surface area contributed by atoms with Gasteiger partial charge in [0.15, 0.2) is 9.84 Å². The summed E-state index contributed by atoms with van der Waals surface area (Å²) >= 11 is 1.51. The Labute approximate surface area is 228 Å². The van der Waals surface area contributed by atoms with Gasteiger partial charge in [0, 0.05) is 29.4 Å². The molecule has 11 heteroatoms. The molecule has 2 N–H and O–H groups in total. The van der Waals surface area contributed by atoms with Gasteiger partial charge in [0.05, 0.1) is 26.1 Å². The number of benzene rings is 1. The van der Waals surface area contributed by atoms with Crippen molar-refractivity contribution in [2.75, 3.05) is 5.32 Å². The number of carbonyl (C=O) groups excluding carboxylic acids is 2. The molecule has 2 aromatic rings. The molecule has 2 aliphatic carbocycles. The van der Waals surface area contributed by atoms with E-state index in [1.807, 2.05) is 13.8 Å². The van der Waals surface area contributed by atoms with E-state index >= 15 is 0 Å². The minimum Gasteiger partial charge on any atom is -0.447 e. The van der Waals surface area contributed by atoms with E-state index in [0.29, 0.717) is 24.1 Å². The van der Waals surface area contributed by atoms with Crippen molar-refractivity contribution in [3.05, 3.63) is 29.4 Å². The number of rotatable bonds is 7. The average molecular weight is 564 g/mol. The molecule has 0 atom stereocenters. The summed E-state index contributed by atoms with van der Waals surface area (Å²) in [6, 6.07) is 5.04. The van der Waals surface area contributed by atoms with Crippen molar-refractivity contribution in [2.45, 2.75) is 107 Å². The number of anilines is 1. The van der Waals surface area contributed by atoms with Gasteiger partial charge in [-0.25, -0.2) is 23.0 Å². The maximum absolute atomic E-state index is 13.4. The van der Waals surface area contributed by atoms with Crippen LogP contribution >= 0.6 is 11.3 Å². The molecule has 9 nitrogen and oxygen atoms in total. The Morgan fingerprint density at radius 3 is 2.34 bits per heavy atom. The number of nitrogens with zero attached hydrogens (tertiary/aromatic N) is 1. The predicted molar refractivity (Wildman–Crippen MR) is 147 cm³/mol. The molecule has 4 rings (SSSR count). The van der Waals surface area contributed by atoms with E-state index in [-0.39, 0.29) is 29.1 Å². The first-order chi connectivity index (χ1) is 17.8. The Kier molecular flexibility index (Phi) is 8.37. The monoisotopic (exact) mass is 563 g/mol. The minimum atomic E-state index is -3.55. The van der Waals surface area contributed by atoms with Crippen LogP contribution in [-0.2, 0) is 19.3 Å². The van der Waals surface area contributed by atoms with Gasteiger partial charge in [-0.15, -0.1) is 11.3 Å². The molecule has 0 aliphatic heterocycles. The number of hydrogen-bond acceptors (Lipinski definition) is 8. The Morgan fingerprint density at radius 1 is 1.05 bits per heavy atom. The maximum Gasteiger partial charge on any atom is 0.412 e. The van der Waals surface area contributed by atoms with Crippen LogP contribution in [0.15, 0.2) is 29.3 Å². The second kappa shape index (κ2) is 11.2. The first-order valence-electron chi connectivity index (χ1n) is 13.1. The zero-order chi connectivity index (χ0) is 27.7. The van der Waals surface area contributed by atoms with Crippen molar-refractivity contribution in [3.63, 3.8) is 0 Å². The van der Waals surface area contributed by atoms with Gasteiger partial charge in [0.25, 0.3) is 0 Å². The van der Waals surface area contributed by atoms with Crippen LogP contribution in [0.4, 0.5) is 15.3 Å². The number of aromatic nitrogens is 1. The van der Waals surface area contributed by atoms with Crippen LogP contribution in [0.2, 0.25) is 0 Å². The van der Waals surface area contributed by atoms with Crippen LogP contribution in [-0.4, -0.2) is 48.6 Å². The Balaban J connectivity index is 1.50. The van der Waals surface area contributed by atoms with Gasteiger partial charge in [0.1, 0.15) is 5.60 Å². The highest BCUT2D eigenvalue weighted by molar-refractivity contribution is 7.92. The fourth-order valence-electron chi connectivity index (χ4n) is 4.52. The number of alkyl carbamates (subject to hydrolysis) is 1. The van der Waals surface area contributed by atoms with Crippen LogP contribution in [0.3, 0.4) is 0 Å². The molecule has 2 fully saturated rings. The minimum absolute atomic E-state index is 0.0808. The fourth-order valence-corrected chi connectivity index (χ4v) is 7.60. The maximum atomic E-state index is 13.4. The van der Waals surface area contributed by atoms with Gasteiger partial charge in [-0.2, -0.15) is 0 Å². The van der Waals surface area contributed by atoms with E-state index in [9.17, 15) is 18.0 Å². The molecular weight excluding hydrogens is 526 g/mol. The topological polar surface area (TPSA) is 124 Å². The standard InChI is InChI=1S/C27H37N3O6S2/c1-16(2)35-25(31)29-18-8-6-17(7-9-18)24-28-15-22(37-24)21-13-10-19(30-26(32)36-27(3,4)5)14-23(21)38(33,34)20-11-12-20/h10,13-18,20H,6-9,11-12H2,1-5H3,(H,29,31)(H,30,32). The van der Waals surface area contributed by atoms with Crippen LogP contribution in [0.1, 0.15) is 84.1 Å². The quantitative estimate of drug-likeness (QED) is 0.408. The number of carbonyl (C=O) groups is 2. The van der Waals surface area contributed by atoms with Gasteiger partial charge < -0.3 is 14.8 Å². The molecule has 0 unspecified atom stereocenters. The average Bonchev–Trinajstić information content (AvgIpc) is 3.56. The Bertz CT molecular complexity index is 1270. The number of thiazole rings is 1. The van der Waals surface area contributed by atoms with Crippen LogP contribution < -0.4 is 10.6 Å². The zero-order valence-electron chi connectivity index (χ0n) is 22.6. The molecule has 2 aliphatic rings. The molecule has 0 radical (unpaired) electrons. The normalized spacial score (nSPS) is 20.2. The summed E-state index contributed by atoms with van der Waals surface area (Å²) in [5, 5.41) is 6.17. The van der Waals surface area contributed by atoms with E-state index in [1.165, 1.54) is 17.4 Å². The van der Waals surface area contributed by atoms with Crippen molar-refractivity contribution in [1.82, 2.24) is 10.3 Å². The highest BCUT2D eigenvalue weighted by atomic mass is 32.2. The predicted octanol–water partition coefficient (Wildman–Crippen LogP) is 6.25. The summed E-state index contributed by atoms with van der Waals surface area (Å²) in [6.07, 6.45) is 5.28. The number of hydrogen-bond donors (Lipinski definition) is 2. The second-order valence-corrected chi connectivity index (χ2v) is 14.6. The number of ether oxygens (including phenoxy) is 2. The molecule has 0 saturated heterocycles. The lowest BCUT2D eigenvalue weighted by atomic mass is 9.86. The van der Waals surface area contributed by atoms with Gasteiger partial charge in [0.2, 0.25) is 0 Å². The molecule has 1 aromatic carbocycles. The summed E-state index contributed by atoms with van der Waals surface area (Å²) in [6.45, 7) is 8.95. The third-order valence-electron chi connectivity index (χ3n) is 6.43. The number of amides is 2. The van der Waals surface area contributed by atoms with Gasteiger partial charge in [-0.1, -0.05) is 6.07 Å². The second-order valence-electron chi connectivity index (χ2n) is 11.3. The lowest BCUT2D eigenvalue weighted by Crippen LogP contribution is -2.38. The van der Waals surface area contributed by atoms with Crippen molar-refractivity contribution >= 4 is 39.0 Å². The van der Waals surface area contributed by atoms with Gasteiger partial charge in [-0.3, -0.25) is 5.32 Å². The van der Waals surface area contributed by atoms with Crippen LogP contribution in [0.5, 0.6) is 0 Å². The highest BCUT2D eigenvalue weighted by Gasteiger charge is 2.39. The fraction of sp³-hybridized carbons (Fsp3) is 0.593. The van der Waals surface area contributed by atoms with E-state index in [2.05, 4.69) is 15.6 Å². The van der Waals surface area contributed by atoms with E-state index in [1.54, 1.807) is 39.1 Å². The molecule has 0 spiro atoms. The molecule has 0 bridgehead atoms. The van der Waals surface area contributed by atoms with Gasteiger partial charge in [-0.05, 0) is 85.3 Å². The summed E-state index contributed by atoms with van der Waals surface area (Å²) in [5.74, 6) is 0.254. The van der Waals surface area contributed by atoms with E-state index < -0.39 is 26.8 Å². The third kappa shape index (κ3) is 7.25. The van der Waals surface area contributed by atoms with Gasteiger partial charge >= 0.3 is 12.2 Å². The largest absolute Gasteiger partial charge is 0.447 e. The summed E-state index contributed by atoms with van der Waals surface area (Å²) < 4.78 is 37.2. The molecule has 2 amide bonds. The lowest BCUT2D eigenvalue weighted by Gasteiger charge is -2.28. The van der Waals surface area contributed by atoms with Crippen molar-refractivity contribution in [3.8, 4) is 10.4 Å². The van der Waals surface area contributed by atoms with E-state index in [0.717, 1.165) is 35.6 Å². The number of nitrogens with one attached hydrogen (secondary N) is 2. The molecule has 208 valence electrons. The van der Waals surface area contributed by atoms with Crippen molar-refractivity contribution in [1.29, 1.82) is 0 Å². The SMILES string of the molecule is CC(C)OC(=O)NC1CCC(c2ncc(-c3ccc(NC(=O)OC(C)(C)C)cc3S(=O)(=O)C3CC3)s2)CC1. The summed E-state index contributed by atoms with van der Waals surface area (Å²) in [4.78, 5) is 29.8. The highest BCUT2D eigenvalue weighted by Crippen LogP contribution is 2.43. The smallest absolute Gasteiger partial charge is 0.412 e. The van der Waals surface area contributed by atoms with E-state index in [4.69, 9.17) is 9.47 Å². The Hall–Kier alpha value is -2.66. The van der Waals surface area contributed by atoms with Crippen molar-refractivity contribution < 1.29 is 27.5 Å². The first-order valence-corrected chi connectivity index (χ1v) is 15.5. The molecule has 1 heterocycles. The van der Waals surface area contributed by atoms with Crippen LogP contribution in [0, 0.1) is 0 Å². The number of sulfone groups is 1. The molecule has 1 aromatic heterocycles. The zero-order valence-corrected chi connectivity index (χ0v) is 24.2. The molecular formula is C27H37N3O6S2. The van der Waals surface area contributed by atoms with Crippen molar-refractivity contribution in [2.24, 2.45) is 0 Å². The van der Waals surface area contributed by atoms with Crippen LogP contribution in [0.25, 0.3) is 10.4 Å².